The fourth-order valence-electron chi connectivity index (χ4n) is 3.49. The molecule has 0 unspecified atom stereocenters. The van der Waals surface area contributed by atoms with Crippen LogP contribution in [0.3, 0.4) is 0 Å². The third-order valence-electron chi connectivity index (χ3n) is 4.89. The largest absolute Gasteiger partial charge is 0.483 e. The monoisotopic (exact) mass is 353 g/mol. The number of anilines is 1. The molecular formula is C21H23NO4. The van der Waals surface area contributed by atoms with E-state index < -0.39 is 5.79 Å². The summed E-state index contributed by atoms with van der Waals surface area (Å²) >= 11 is 0. The third kappa shape index (κ3) is 3.34. The molecule has 2 aliphatic rings. The molecule has 5 nitrogen and oxygen atoms in total. The molecule has 1 spiro atoms. The van der Waals surface area contributed by atoms with Crippen LogP contribution in [0.4, 0.5) is 5.69 Å². The number of rotatable bonds is 4. The summed E-state index contributed by atoms with van der Waals surface area (Å²) in [5, 5.41) is 2.86. The normalized spacial score (nSPS) is 16.7. The fraction of sp³-hybridized carbons (Fsp3) is 0.381. The molecule has 0 radical (unpaired) electrons. The summed E-state index contributed by atoms with van der Waals surface area (Å²) in [4.78, 5) is 12.2. The smallest absolute Gasteiger partial charge is 0.262 e. The van der Waals surface area contributed by atoms with Crippen molar-refractivity contribution < 1.29 is 19.0 Å². The highest BCUT2D eigenvalue weighted by Crippen LogP contribution is 2.47. The van der Waals surface area contributed by atoms with Crippen molar-refractivity contribution >= 4 is 11.6 Å². The molecule has 1 N–H and O–H groups in total. The van der Waals surface area contributed by atoms with E-state index in [0.29, 0.717) is 11.4 Å². The number of amides is 1. The highest BCUT2D eigenvalue weighted by Gasteiger charge is 2.44. The minimum atomic E-state index is -0.489. The number of aryl methyl sites for hydroxylation is 2. The Morgan fingerprint density at radius 2 is 1.85 bits per heavy atom. The Morgan fingerprint density at radius 1 is 1.08 bits per heavy atom. The van der Waals surface area contributed by atoms with Gasteiger partial charge in [-0.15, -0.1) is 0 Å². The first-order valence-electron chi connectivity index (χ1n) is 9.05. The maximum atomic E-state index is 12.2. The molecule has 2 aromatic carbocycles. The Balaban J connectivity index is 1.38. The average Bonchev–Trinajstić information content (AvgIpc) is 3.21. The molecule has 26 heavy (non-hydrogen) atoms. The first-order valence-corrected chi connectivity index (χ1v) is 9.05. The lowest BCUT2D eigenvalue weighted by molar-refractivity contribution is -0.118. The second-order valence-electron chi connectivity index (χ2n) is 7.09. The summed E-state index contributed by atoms with van der Waals surface area (Å²) in [5.41, 5.74) is 2.79. The van der Waals surface area contributed by atoms with E-state index in [1.54, 1.807) is 0 Å². The first-order chi connectivity index (χ1) is 12.5. The van der Waals surface area contributed by atoms with Gasteiger partial charge in [-0.25, -0.2) is 0 Å². The minimum absolute atomic E-state index is 0.0390. The molecule has 5 heteroatoms. The van der Waals surface area contributed by atoms with E-state index in [0.717, 1.165) is 48.3 Å². The van der Waals surface area contributed by atoms with E-state index in [1.807, 2.05) is 50.2 Å². The zero-order valence-corrected chi connectivity index (χ0v) is 15.1. The van der Waals surface area contributed by atoms with Crippen molar-refractivity contribution in [2.24, 2.45) is 0 Å². The van der Waals surface area contributed by atoms with Gasteiger partial charge in [0.1, 0.15) is 5.75 Å². The molecule has 0 atom stereocenters. The second kappa shape index (κ2) is 6.56. The van der Waals surface area contributed by atoms with Gasteiger partial charge in [0.15, 0.2) is 18.1 Å². The van der Waals surface area contributed by atoms with Crippen LogP contribution in [0.25, 0.3) is 0 Å². The van der Waals surface area contributed by atoms with Crippen molar-refractivity contribution in [3.8, 4) is 17.2 Å². The van der Waals surface area contributed by atoms with Crippen LogP contribution in [0.15, 0.2) is 36.4 Å². The molecule has 0 bridgehead atoms. The minimum Gasteiger partial charge on any atom is -0.483 e. The SMILES string of the molecule is Cc1ccc(C)c(OCC(=O)Nc2ccc3c(c2)OC2(CCCC2)O3)c1. The Kier molecular flexibility index (Phi) is 4.23. The van der Waals surface area contributed by atoms with Gasteiger partial charge in [-0.3, -0.25) is 4.79 Å². The zero-order valence-electron chi connectivity index (χ0n) is 15.1. The summed E-state index contributed by atoms with van der Waals surface area (Å²) < 4.78 is 17.7. The zero-order chi connectivity index (χ0) is 18.1. The van der Waals surface area contributed by atoms with Crippen molar-refractivity contribution in [1.29, 1.82) is 0 Å². The molecule has 0 aromatic heterocycles. The van der Waals surface area contributed by atoms with E-state index in [2.05, 4.69) is 5.32 Å². The molecule has 2 aromatic rings. The van der Waals surface area contributed by atoms with Gasteiger partial charge in [-0.1, -0.05) is 12.1 Å². The van der Waals surface area contributed by atoms with Gasteiger partial charge in [0.25, 0.3) is 11.7 Å². The van der Waals surface area contributed by atoms with Gasteiger partial charge < -0.3 is 19.5 Å². The average molecular weight is 353 g/mol. The van der Waals surface area contributed by atoms with Crippen molar-refractivity contribution in [2.45, 2.75) is 45.3 Å². The van der Waals surface area contributed by atoms with Gasteiger partial charge in [-0.2, -0.15) is 0 Å². The predicted octanol–water partition coefficient (Wildman–Crippen LogP) is 4.36. The lowest BCUT2D eigenvalue weighted by Gasteiger charge is -2.21. The highest BCUT2D eigenvalue weighted by molar-refractivity contribution is 5.92. The van der Waals surface area contributed by atoms with Crippen LogP contribution < -0.4 is 19.5 Å². The molecule has 1 fully saturated rings. The molecule has 1 aliphatic heterocycles. The summed E-state index contributed by atoms with van der Waals surface area (Å²) in [6.45, 7) is 3.92. The number of benzene rings is 2. The number of carbonyl (C=O) groups excluding carboxylic acids is 1. The maximum absolute atomic E-state index is 12.2. The van der Waals surface area contributed by atoms with Crippen molar-refractivity contribution in [2.75, 3.05) is 11.9 Å². The molecule has 0 saturated heterocycles. The van der Waals surface area contributed by atoms with Gasteiger partial charge in [-0.05, 0) is 56.0 Å². The second-order valence-corrected chi connectivity index (χ2v) is 7.09. The lowest BCUT2D eigenvalue weighted by Crippen LogP contribution is -2.34. The number of carbonyl (C=O) groups is 1. The first kappa shape index (κ1) is 16.8. The fourth-order valence-corrected chi connectivity index (χ4v) is 3.49. The number of fused-ring (bicyclic) bond motifs is 1. The number of hydrogen-bond donors (Lipinski definition) is 1. The molecule has 1 aliphatic carbocycles. The quantitative estimate of drug-likeness (QED) is 0.887. The Hall–Kier alpha value is -2.69. The predicted molar refractivity (Wildman–Crippen MR) is 98.9 cm³/mol. The van der Waals surface area contributed by atoms with Gasteiger partial charge in [0.05, 0.1) is 0 Å². The highest BCUT2D eigenvalue weighted by atomic mass is 16.7. The maximum Gasteiger partial charge on any atom is 0.262 e. The standard InChI is InChI=1S/C21H23NO4/c1-14-5-6-15(2)18(11-14)24-13-20(23)22-16-7-8-17-19(12-16)26-21(25-17)9-3-4-10-21/h5-8,11-12H,3-4,9-10,13H2,1-2H3,(H,22,23). The van der Waals surface area contributed by atoms with E-state index in [1.165, 1.54) is 0 Å². The van der Waals surface area contributed by atoms with Crippen LogP contribution >= 0.6 is 0 Å². The Labute approximate surface area is 153 Å². The summed E-state index contributed by atoms with van der Waals surface area (Å²) in [6, 6.07) is 11.4. The Bertz CT molecular complexity index is 840. The lowest BCUT2D eigenvalue weighted by atomic mass is 10.1. The molecule has 1 heterocycles. The molecule has 4 rings (SSSR count). The summed E-state index contributed by atoms with van der Waals surface area (Å²) in [7, 11) is 0. The Morgan fingerprint density at radius 3 is 2.65 bits per heavy atom. The van der Waals surface area contributed by atoms with Gasteiger partial charge in [0.2, 0.25) is 0 Å². The number of hydrogen-bond acceptors (Lipinski definition) is 4. The topological polar surface area (TPSA) is 56.8 Å². The van der Waals surface area contributed by atoms with Crippen molar-refractivity contribution in [1.82, 2.24) is 0 Å². The number of ether oxygens (including phenoxy) is 3. The van der Waals surface area contributed by atoms with Crippen LogP contribution in [-0.4, -0.2) is 18.3 Å². The van der Waals surface area contributed by atoms with E-state index in [9.17, 15) is 4.79 Å². The van der Waals surface area contributed by atoms with Gasteiger partial charge >= 0.3 is 0 Å². The van der Waals surface area contributed by atoms with E-state index in [-0.39, 0.29) is 12.5 Å². The summed E-state index contributed by atoms with van der Waals surface area (Å²) in [6.07, 6.45) is 4.06. The van der Waals surface area contributed by atoms with E-state index >= 15 is 0 Å². The van der Waals surface area contributed by atoms with Crippen molar-refractivity contribution in [3.63, 3.8) is 0 Å². The molecular weight excluding hydrogens is 330 g/mol. The third-order valence-corrected chi connectivity index (χ3v) is 4.89. The van der Waals surface area contributed by atoms with Crippen LogP contribution in [0, 0.1) is 13.8 Å². The van der Waals surface area contributed by atoms with Crippen molar-refractivity contribution in [3.05, 3.63) is 47.5 Å². The van der Waals surface area contributed by atoms with Crippen LogP contribution in [-0.2, 0) is 4.79 Å². The molecule has 1 amide bonds. The molecule has 1 saturated carbocycles. The van der Waals surface area contributed by atoms with Crippen LogP contribution in [0.2, 0.25) is 0 Å². The number of nitrogens with one attached hydrogen (secondary N) is 1. The summed E-state index contributed by atoms with van der Waals surface area (Å²) in [5.74, 6) is 1.47. The van der Waals surface area contributed by atoms with Gasteiger partial charge in [0, 0.05) is 24.6 Å². The van der Waals surface area contributed by atoms with E-state index in [4.69, 9.17) is 14.2 Å². The molecule has 136 valence electrons. The van der Waals surface area contributed by atoms with Crippen LogP contribution in [0.1, 0.15) is 36.8 Å². The van der Waals surface area contributed by atoms with Crippen LogP contribution in [0.5, 0.6) is 17.2 Å².